The maximum Gasteiger partial charge on any atom is 0.240 e. The fourth-order valence-corrected chi connectivity index (χ4v) is 4.31. The number of carbonyl (C=O) groups is 1. The van der Waals surface area contributed by atoms with E-state index in [0.717, 1.165) is 14.9 Å². The van der Waals surface area contributed by atoms with Crippen LogP contribution in [0.5, 0.6) is 5.75 Å². The average Bonchev–Trinajstić information content (AvgIpc) is 3.12. The Kier molecular flexibility index (Phi) is 6.99. The summed E-state index contributed by atoms with van der Waals surface area (Å²) in [5.41, 5.74) is 1.21. The number of halogens is 1. The molecule has 3 rings (SSSR count). The number of hydrogen-bond donors (Lipinski definition) is 1. The van der Waals surface area contributed by atoms with Gasteiger partial charge in [0, 0.05) is 24.1 Å². The molecule has 152 valence electrons. The number of rotatable bonds is 8. The Hall–Kier alpha value is -2.72. The zero-order valence-electron chi connectivity index (χ0n) is 15.8. The van der Waals surface area contributed by atoms with Gasteiger partial charge in [-0.2, -0.15) is 0 Å². The van der Waals surface area contributed by atoms with Crippen molar-refractivity contribution >= 4 is 29.0 Å². The Labute approximate surface area is 174 Å². The van der Waals surface area contributed by atoms with Gasteiger partial charge in [-0.15, -0.1) is 10.2 Å². The highest BCUT2D eigenvalue weighted by Gasteiger charge is 2.12. The summed E-state index contributed by atoms with van der Waals surface area (Å²) in [6, 6.07) is 7.39. The molecule has 0 atom stereocenters. The van der Waals surface area contributed by atoms with Gasteiger partial charge < -0.3 is 14.6 Å². The van der Waals surface area contributed by atoms with Crippen molar-refractivity contribution in [3.8, 4) is 5.75 Å². The second-order valence-electron chi connectivity index (χ2n) is 6.10. The van der Waals surface area contributed by atoms with E-state index < -0.39 is 0 Å². The highest BCUT2D eigenvalue weighted by atomic mass is 32.2. The fourth-order valence-electron chi connectivity index (χ4n) is 2.50. The van der Waals surface area contributed by atoms with Crippen LogP contribution in [0.25, 0.3) is 0 Å². The van der Waals surface area contributed by atoms with Crippen molar-refractivity contribution in [1.29, 1.82) is 0 Å². The van der Waals surface area contributed by atoms with Gasteiger partial charge >= 0.3 is 0 Å². The zero-order valence-corrected chi connectivity index (χ0v) is 17.5. The molecule has 29 heavy (non-hydrogen) atoms. The minimum Gasteiger partial charge on any atom is -0.491 e. The van der Waals surface area contributed by atoms with E-state index in [1.54, 1.807) is 16.7 Å². The number of carbonyl (C=O) groups excluding carboxylic acids is 1. The molecule has 0 unspecified atom stereocenters. The molecule has 2 heterocycles. The predicted octanol–water partition coefficient (Wildman–Crippen LogP) is 2.76. The average molecular weight is 435 g/mol. The van der Waals surface area contributed by atoms with E-state index in [1.165, 1.54) is 54.6 Å². The maximum absolute atomic E-state index is 13.0. The van der Waals surface area contributed by atoms with Gasteiger partial charge in [0.05, 0.1) is 13.3 Å². The number of pyridine rings is 1. The lowest BCUT2D eigenvalue weighted by atomic mass is 10.2. The predicted molar refractivity (Wildman–Crippen MR) is 110 cm³/mol. The van der Waals surface area contributed by atoms with E-state index in [2.05, 4.69) is 15.5 Å². The first-order chi connectivity index (χ1) is 13.9. The third-order valence-corrected chi connectivity index (χ3v) is 5.98. The van der Waals surface area contributed by atoms with Crippen LogP contribution in [-0.4, -0.2) is 27.8 Å². The van der Waals surface area contributed by atoms with Gasteiger partial charge in [-0.25, -0.2) is 4.39 Å². The summed E-state index contributed by atoms with van der Waals surface area (Å²) in [6.07, 6.45) is 1.53. The van der Waals surface area contributed by atoms with Crippen molar-refractivity contribution < 1.29 is 13.9 Å². The van der Waals surface area contributed by atoms with Gasteiger partial charge in [-0.05, 0) is 24.6 Å². The van der Waals surface area contributed by atoms with E-state index in [9.17, 15) is 14.0 Å². The normalized spacial score (nSPS) is 10.7. The van der Waals surface area contributed by atoms with Crippen LogP contribution >= 0.6 is 23.1 Å². The molecular weight excluding hydrogens is 415 g/mol. The van der Waals surface area contributed by atoms with E-state index in [0.29, 0.717) is 11.4 Å². The Morgan fingerprint density at radius 3 is 2.72 bits per heavy atom. The van der Waals surface area contributed by atoms with Crippen molar-refractivity contribution in [3.63, 3.8) is 0 Å². The minimum atomic E-state index is -0.326. The zero-order chi connectivity index (χ0) is 20.8. The molecule has 2 aromatic heterocycles. The fraction of sp³-hybridized carbons (Fsp3) is 0.263. The van der Waals surface area contributed by atoms with Crippen LogP contribution in [0.1, 0.15) is 16.3 Å². The lowest BCUT2D eigenvalue weighted by molar-refractivity contribution is -0.121. The lowest BCUT2D eigenvalue weighted by Gasteiger charge is -2.14. The smallest absolute Gasteiger partial charge is 0.240 e. The monoisotopic (exact) mass is 434 g/mol. The van der Waals surface area contributed by atoms with E-state index in [4.69, 9.17) is 4.74 Å². The molecular formula is C19H19FN4O3S2. The van der Waals surface area contributed by atoms with E-state index >= 15 is 0 Å². The van der Waals surface area contributed by atoms with Crippen molar-refractivity contribution in [1.82, 2.24) is 20.1 Å². The Bertz CT molecular complexity index is 1050. The van der Waals surface area contributed by atoms with Crippen molar-refractivity contribution in [2.24, 2.45) is 0 Å². The van der Waals surface area contributed by atoms with Crippen LogP contribution in [0.4, 0.5) is 4.39 Å². The summed E-state index contributed by atoms with van der Waals surface area (Å²) in [5, 5.41) is 11.7. The summed E-state index contributed by atoms with van der Waals surface area (Å²) in [7, 11) is 1.41. The van der Waals surface area contributed by atoms with Crippen LogP contribution in [0.3, 0.4) is 0 Å². The quantitative estimate of drug-likeness (QED) is 0.549. The van der Waals surface area contributed by atoms with Gasteiger partial charge in [-0.1, -0.05) is 35.2 Å². The molecule has 0 fully saturated rings. The molecule has 0 aliphatic carbocycles. The molecule has 1 amide bonds. The molecule has 1 aromatic carbocycles. The third kappa shape index (κ3) is 5.88. The first-order valence-electron chi connectivity index (χ1n) is 8.66. The Morgan fingerprint density at radius 1 is 1.31 bits per heavy atom. The van der Waals surface area contributed by atoms with Gasteiger partial charge in [0.15, 0.2) is 10.1 Å². The summed E-state index contributed by atoms with van der Waals surface area (Å²) in [5.74, 6) is 0.0575. The van der Waals surface area contributed by atoms with Crippen molar-refractivity contribution in [2.45, 2.75) is 30.1 Å². The topological polar surface area (TPSA) is 86.1 Å². The van der Waals surface area contributed by atoms with Crippen LogP contribution in [-0.2, 0) is 23.6 Å². The van der Waals surface area contributed by atoms with Crippen molar-refractivity contribution in [2.75, 3.05) is 7.11 Å². The van der Waals surface area contributed by atoms with Crippen LogP contribution in [0, 0.1) is 12.7 Å². The minimum absolute atomic E-state index is 0.0167. The van der Waals surface area contributed by atoms with E-state index in [1.807, 2.05) is 6.92 Å². The van der Waals surface area contributed by atoms with Gasteiger partial charge in [-0.3, -0.25) is 9.59 Å². The number of ether oxygens (including phenoxy) is 1. The molecule has 0 spiro atoms. The van der Waals surface area contributed by atoms with Gasteiger partial charge in [0.2, 0.25) is 11.3 Å². The van der Waals surface area contributed by atoms with Gasteiger partial charge in [0.25, 0.3) is 0 Å². The van der Waals surface area contributed by atoms with Gasteiger partial charge in [0.1, 0.15) is 17.4 Å². The standard InChI is InChI=1S/C19H19FN4O3S2/c1-12-22-23-19(29-12)28-11-15-7-16(25)17(27-2)9-24(15)10-18(26)21-8-13-3-5-14(20)6-4-13/h3-7,9H,8,10-11H2,1-2H3,(H,21,26). The Balaban J connectivity index is 1.70. The first-order valence-corrected chi connectivity index (χ1v) is 10.5. The maximum atomic E-state index is 13.0. The van der Waals surface area contributed by atoms with E-state index in [-0.39, 0.29) is 36.0 Å². The number of nitrogens with one attached hydrogen (secondary N) is 1. The second kappa shape index (κ2) is 9.66. The largest absolute Gasteiger partial charge is 0.491 e. The van der Waals surface area contributed by atoms with Crippen molar-refractivity contribution in [3.05, 3.63) is 68.8 Å². The SMILES string of the molecule is COc1cn(CC(=O)NCc2ccc(F)cc2)c(CSc2nnc(C)s2)cc1=O. The first kappa shape index (κ1) is 21.0. The van der Waals surface area contributed by atoms with Crippen LogP contribution in [0.15, 0.2) is 45.7 Å². The molecule has 10 heteroatoms. The summed E-state index contributed by atoms with van der Waals surface area (Å²) < 4.78 is 20.6. The number of amides is 1. The highest BCUT2D eigenvalue weighted by Crippen LogP contribution is 2.25. The summed E-state index contributed by atoms with van der Waals surface area (Å²) >= 11 is 2.91. The number of nitrogens with zero attached hydrogens (tertiary/aromatic N) is 3. The third-order valence-electron chi connectivity index (χ3n) is 3.97. The number of aromatic nitrogens is 3. The van der Waals surface area contributed by atoms with Crippen LogP contribution in [0.2, 0.25) is 0 Å². The molecule has 0 saturated carbocycles. The molecule has 0 bridgehead atoms. The summed E-state index contributed by atoms with van der Waals surface area (Å²) in [6.45, 7) is 2.17. The number of hydrogen-bond acceptors (Lipinski definition) is 7. The molecule has 0 aliphatic rings. The summed E-state index contributed by atoms with van der Waals surface area (Å²) in [4.78, 5) is 24.6. The molecule has 7 nitrogen and oxygen atoms in total. The molecule has 0 aliphatic heterocycles. The lowest BCUT2D eigenvalue weighted by Crippen LogP contribution is -2.28. The molecule has 3 aromatic rings. The Morgan fingerprint density at radius 2 is 2.07 bits per heavy atom. The number of methoxy groups -OCH3 is 1. The van der Waals surface area contributed by atoms with Crippen LogP contribution < -0.4 is 15.5 Å². The number of benzene rings is 1. The number of thioether (sulfide) groups is 1. The number of aryl methyl sites for hydroxylation is 1. The molecule has 1 N–H and O–H groups in total. The molecule has 0 radical (unpaired) electrons. The highest BCUT2D eigenvalue weighted by molar-refractivity contribution is 8.00. The molecule has 0 saturated heterocycles. The second-order valence-corrected chi connectivity index (χ2v) is 8.51.